The van der Waals surface area contributed by atoms with Crippen LogP contribution in [0.5, 0.6) is 0 Å². The Morgan fingerprint density at radius 1 is 1.36 bits per heavy atom. The molecule has 64 valence electrons. The van der Waals surface area contributed by atoms with Crippen LogP contribution < -0.4 is 0 Å². The van der Waals surface area contributed by atoms with Crippen molar-refractivity contribution in [1.82, 2.24) is 0 Å². The molecule has 1 aliphatic carbocycles. The van der Waals surface area contributed by atoms with Crippen LogP contribution in [0.1, 0.15) is 25.7 Å². The minimum atomic E-state index is 0.595. The maximum Gasteiger partial charge on any atom is 0.0844 e. The van der Waals surface area contributed by atoms with Gasteiger partial charge >= 0.3 is 0 Å². The molecule has 2 fully saturated rings. The summed E-state index contributed by atoms with van der Waals surface area (Å²) in [5, 5.41) is 0. The number of epoxide rings is 1. The first-order valence-corrected chi connectivity index (χ1v) is 5.26. The van der Waals surface area contributed by atoms with Gasteiger partial charge in [0.25, 0.3) is 0 Å². The fourth-order valence-electron chi connectivity index (χ4n) is 1.97. The zero-order valence-electron chi connectivity index (χ0n) is 6.53. The third-order valence-electron chi connectivity index (χ3n) is 2.73. The normalized spacial score (nSPS) is 41.7. The van der Waals surface area contributed by atoms with Crippen molar-refractivity contribution in [2.24, 2.45) is 5.92 Å². The first-order chi connectivity index (χ1) is 5.40. The molecule has 1 aliphatic heterocycles. The minimum Gasteiger partial charge on any atom is -0.370 e. The second-order valence-electron chi connectivity index (χ2n) is 3.51. The lowest BCUT2D eigenvalue weighted by molar-refractivity contribution is 0.358. The molecule has 1 saturated heterocycles. The molecule has 1 N–H and O–H groups in total. The van der Waals surface area contributed by atoms with Gasteiger partial charge < -0.3 is 9.29 Å². The number of fused-ring (bicyclic) bond motifs is 1. The van der Waals surface area contributed by atoms with Gasteiger partial charge in [-0.3, -0.25) is 0 Å². The van der Waals surface area contributed by atoms with E-state index in [1.807, 2.05) is 0 Å². The van der Waals surface area contributed by atoms with Crippen LogP contribution in [0, 0.1) is 5.92 Å². The maximum absolute atomic E-state index is 8.56. The minimum absolute atomic E-state index is 0.595. The number of rotatable bonds is 3. The van der Waals surface area contributed by atoms with E-state index in [-0.39, 0.29) is 0 Å². The van der Waals surface area contributed by atoms with Gasteiger partial charge in [-0.25, -0.2) is 0 Å². The van der Waals surface area contributed by atoms with E-state index in [0.717, 1.165) is 30.1 Å². The summed E-state index contributed by atoms with van der Waals surface area (Å²) in [7, 11) is 0. The zero-order valence-corrected chi connectivity index (χ0v) is 7.35. The summed E-state index contributed by atoms with van der Waals surface area (Å²) in [6.07, 6.45) is 6.18. The molecule has 0 radical (unpaired) electrons. The second kappa shape index (κ2) is 3.33. The summed E-state index contributed by atoms with van der Waals surface area (Å²) >= 11 is 0.969. The quantitative estimate of drug-likeness (QED) is 0.525. The van der Waals surface area contributed by atoms with Crippen molar-refractivity contribution in [2.45, 2.75) is 37.9 Å². The van der Waals surface area contributed by atoms with Crippen LogP contribution in [0.25, 0.3) is 0 Å². The SMILES string of the molecule is OSCCC1CCC2OC2C1. The molecule has 2 nitrogen and oxygen atoms in total. The van der Waals surface area contributed by atoms with Gasteiger partial charge in [0.05, 0.1) is 12.2 Å². The summed E-state index contributed by atoms with van der Waals surface area (Å²) in [5.41, 5.74) is 0. The van der Waals surface area contributed by atoms with Gasteiger partial charge in [0.1, 0.15) is 0 Å². The monoisotopic (exact) mass is 174 g/mol. The molecule has 2 rings (SSSR count). The number of ether oxygens (including phenoxy) is 1. The van der Waals surface area contributed by atoms with E-state index in [1.165, 1.54) is 19.3 Å². The molecule has 3 unspecified atom stereocenters. The summed E-state index contributed by atoms with van der Waals surface area (Å²) in [5.74, 6) is 1.71. The highest BCUT2D eigenvalue weighted by molar-refractivity contribution is 7.93. The van der Waals surface area contributed by atoms with Crippen LogP contribution in [0.4, 0.5) is 0 Å². The Kier molecular flexibility index (Phi) is 2.39. The Morgan fingerprint density at radius 2 is 2.27 bits per heavy atom. The molecular formula is C8H14O2S. The second-order valence-corrected chi connectivity index (χ2v) is 4.18. The molecule has 11 heavy (non-hydrogen) atoms. The Bertz CT molecular complexity index is 140. The van der Waals surface area contributed by atoms with Gasteiger partial charge in [-0.15, -0.1) is 0 Å². The lowest BCUT2D eigenvalue weighted by atomic mass is 9.88. The van der Waals surface area contributed by atoms with Crippen molar-refractivity contribution in [3.05, 3.63) is 0 Å². The van der Waals surface area contributed by atoms with Crippen LogP contribution in [0.3, 0.4) is 0 Å². The molecule has 0 bridgehead atoms. The lowest BCUT2D eigenvalue weighted by Gasteiger charge is -2.17. The molecule has 0 aromatic carbocycles. The van der Waals surface area contributed by atoms with Gasteiger partial charge in [-0.2, -0.15) is 0 Å². The Morgan fingerprint density at radius 3 is 3.00 bits per heavy atom. The van der Waals surface area contributed by atoms with E-state index in [4.69, 9.17) is 9.29 Å². The van der Waals surface area contributed by atoms with Crippen LogP contribution in [-0.2, 0) is 4.74 Å². The van der Waals surface area contributed by atoms with E-state index in [2.05, 4.69) is 0 Å². The van der Waals surface area contributed by atoms with Crippen molar-refractivity contribution in [2.75, 3.05) is 5.75 Å². The Hall–Kier alpha value is 0.270. The molecule has 3 heteroatoms. The van der Waals surface area contributed by atoms with Gasteiger partial charge in [-0.1, -0.05) is 0 Å². The fraction of sp³-hybridized carbons (Fsp3) is 1.00. The van der Waals surface area contributed by atoms with E-state index in [1.54, 1.807) is 0 Å². The Balaban J connectivity index is 1.68. The molecule has 3 atom stereocenters. The molecule has 1 heterocycles. The van der Waals surface area contributed by atoms with Crippen LogP contribution in [0.15, 0.2) is 0 Å². The highest BCUT2D eigenvalue weighted by atomic mass is 32.2. The summed E-state index contributed by atoms with van der Waals surface area (Å²) < 4.78 is 14.0. The topological polar surface area (TPSA) is 32.8 Å². The van der Waals surface area contributed by atoms with Gasteiger partial charge in [0.15, 0.2) is 0 Å². The molecule has 0 amide bonds. The van der Waals surface area contributed by atoms with Crippen molar-refractivity contribution < 1.29 is 9.29 Å². The van der Waals surface area contributed by atoms with Gasteiger partial charge in [0, 0.05) is 5.75 Å². The van der Waals surface area contributed by atoms with Gasteiger partial charge in [0.2, 0.25) is 0 Å². The predicted octanol–water partition coefficient (Wildman–Crippen LogP) is 2.15. The maximum atomic E-state index is 8.56. The molecule has 0 spiro atoms. The van der Waals surface area contributed by atoms with Crippen LogP contribution in [0.2, 0.25) is 0 Å². The number of hydrogen-bond donors (Lipinski definition) is 1. The van der Waals surface area contributed by atoms with Crippen LogP contribution in [-0.4, -0.2) is 22.5 Å². The molecule has 0 aromatic rings. The van der Waals surface area contributed by atoms with Crippen molar-refractivity contribution in [3.8, 4) is 0 Å². The lowest BCUT2D eigenvalue weighted by Crippen LogP contribution is -2.13. The van der Waals surface area contributed by atoms with Crippen molar-refractivity contribution in [1.29, 1.82) is 0 Å². The third kappa shape index (κ3) is 1.89. The van der Waals surface area contributed by atoms with E-state index < -0.39 is 0 Å². The van der Waals surface area contributed by atoms with Crippen LogP contribution >= 0.6 is 12.0 Å². The van der Waals surface area contributed by atoms with E-state index in [9.17, 15) is 0 Å². The molecular weight excluding hydrogens is 160 g/mol. The number of hydrogen-bond acceptors (Lipinski definition) is 3. The molecule has 0 aromatic heterocycles. The largest absolute Gasteiger partial charge is 0.370 e. The average Bonchev–Trinajstić information content (AvgIpc) is 2.78. The smallest absolute Gasteiger partial charge is 0.0844 e. The molecule has 2 aliphatic rings. The van der Waals surface area contributed by atoms with Crippen molar-refractivity contribution in [3.63, 3.8) is 0 Å². The summed E-state index contributed by atoms with van der Waals surface area (Å²) in [6, 6.07) is 0. The summed E-state index contributed by atoms with van der Waals surface area (Å²) in [4.78, 5) is 0. The Labute approximate surface area is 71.5 Å². The van der Waals surface area contributed by atoms with E-state index in [0.29, 0.717) is 12.2 Å². The van der Waals surface area contributed by atoms with E-state index >= 15 is 0 Å². The summed E-state index contributed by atoms with van der Waals surface area (Å²) in [6.45, 7) is 0. The zero-order chi connectivity index (χ0) is 7.68. The first kappa shape index (κ1) is 7.90. The molecule has 1 saturated carbocycles. The standard InChI is InChI=1S/C8H14O2S/c9-11-4-3-6-1-2-7-8(5-6)10-7/h6-9H,1-5H2. The van der Waals surface area contributed by atoms with Gasteiger partial charge in [-0.05, 0) is 43.6 Å². The average molecular weight is 174 g/mol. The highest BCUT2D eigenvalue weighted by Gasteiger charge is 2.43. The van der Waals surface area contributed by atoms with Crippen molar-refractivity contribution >= 4 is 12.0 Å². The highest BCUT2D eigenvalue weighted by Crippen LogP contribution is 2.40. The third-order valence-corrected chi connectivity index (χ3v) is 3.15. The fourth-order valence-corrected chi connectivity index (χ4v) is 2.41. The predicted molar refractivity (Wildman–Crippen MR) is 45.7 cm³/mol. The first-order valence-electron chi connectivity index (χ1n) is 4.32.